The number of hydrogen-bond donors (Lipinski definition) is 1. The van der Waals surface area contributed by atoms with Crippen molar-refractivity contribution < 1.29 is 4.79 Å². The van der Waals surface area contributed by atoms with Gasteiger partial charge in [0.05, 0.1) is 0 Å². The van der Waals surface area contributed by atoms with Gasteiger partial charge in [-0.1, -0.05) is 6.92 Å². The van der Waals surface area contributed by atoms with Crippen LogP contribution in [0.15, 0.2) is 18.3 Å². The van der Waals surface area contributed by atoms with E-state index in [0.29, 0.717) is 5.56 Å². The molecule has 1 N–H and O–H groups in total. The number of amides is 1. The molecule has 1 aromatic rings. The van der Waals surface area contributed by atoms with Crippen LogP contribution in [0.25, 0.3) is 0 Å². The fourth-order valence-corrected chi connectivity index (χ4v) is 0.957. The normalized spacial score (nSPS) is 9.50. The summed E-state index contributed by atoms with van der Waals surface area (Å²) in [6, 6.07) is 3.51. The number of carbonyl (C=O) groups excluding carboxylic acids is 1. The van der Waals surface area contributed by atoms with Gasteiger partial charge in [0.15, 0.2) is 0 Å². The van der Waals surface area contributed by atoms with Gasteiger partial charge in [-0.3, -0.25) is 9.78 Å². The van der Waals surface area contributed by atoms with Crippen LogP contribution in [-0.4, -0.2) is 17.9 Å². The molecule has 1 heterocycles. The minimum Gasteiger partial charge on any atom is -0.355 e. The minimum absolute atomic E-state index is 0.0629. The van der Waals surface area contributed by atoms with E-state index < -0.39 is 0 Å². The Hall–Kier alpha value is -1.38. The Labute approximate surface area is 71.8 Å². The molecule has 3 nitrogen and oxygen atoms in total. The maximum Gasteiger partial charge on any atom is 0.251 e. The van der Waals surface area contributed by atoms with Crippen LogP contribution in [0.1, 0.15) is 23.0 Å². The molecule has 0 aliphatic rings. The molecule has 0 saturated heterocycles. The lowest BCUT2D eigenvalue weighted by atomic mass is 10.2. The Morgan fingerprint density at radius 3 is 3.00 bits per heavy atom. The second-order valence-electron chi connectivity index (χ2n) is 2.47. The van der Waals surface area contributed by atoms with E-state index in [0.717, 1.165) is 12.1 Å². The van der Waals surface area contributed by atoms with Crippen LogP contribution in [0.5, 0.6) is 0 Å². The average molecular weight is 164 g/mol. The van der Waals surface area contributed by atoms with Gasteiger partial charge in [-0.05, 0) is 18.6 Å². The summed E-state index contributed by atoms with van der Waals surface area (Å²) < 4.78 is 0. The highest BCUT2D eigenvalue weighted by Gasteiger charge is 2.02. The second kappa shape index (κ2) is 3.85. The molecule has 0 atom stereocenters. The number of nitrogens with zero attached hydrogens (tertiary/aromatic N) is 1. The van der Waals surface area contributed by atoms with Crippen molar-refractivity contribution in [3.63, 3.8) is 0 Å². The molecule has 0 aromatic carbocycles. The number of aromatic nitrogens is 1. The smallest absolute Gasteiger partial charge is 0.251 e. The van der Waals surface area contributed by atoms with Crippen LogP contribution in [-0.2, 0) is 6.42 Å². The summed E-state index contributed by atoms with van der Waals surface area (Å²) >= 11 is 0. The number of nitrogens with one attached hydrogen (secondary N) is 1. The Bertz CT molecular complexity index is 284. The van der Waals surface area contributed by atoms with Crippen LogP contribution >= 0.6 is 0 Å². The number of aryl methyl sites for hydroxylation is 1. The predicted molar refractivity (Wildman–Crippen MR) is 47.0 cm³/mol. The molecule has 64 valence electrons. The fraction of sp³-hybridized carbons (Fsp3) is 0.333. The monoisotopic (exact) mass is 164 g/mol. The highest BCUT2D eigenvalue weighted by molar-refractivity contribution is 5.93. The topological polar surface area (TPSA) is 42.0 Å². The molecule has 0 aliphatic heterocycles. The van der Waals surface area contributed by atoms with Crippen molar-refractivity contribution >= 4 is 5.91 Å². The zero-order chi connectivity index (χ0) is 8.97. The van der Waals surface area contributed by atoms with Crippen LogP contribution in [0.2, 0.25) is 0 Å². The maximum atomic E-state index is 11.1. The molecule has 1 aromatic heterocycles. The number of pyridine rings is 1. The van der Waals surface area contributed by atoms with Gasteiger partial charge in [-0.15, -0.1) is 0 Å². The molecule has 0 aliphatic carbocycles. The summed E-state index contributed by atoms with van der Waals surface area (Å²) in [7, 11) is 1.62. The van der Waals surface area contributed by atoms with Crippen LogP contribution in [0.4, 0.5) is 0 Å². The summed E-state index contributed by atoms with van der Waals surface area (Å²) in [5.41, 5.74) is 1.61. The number of rotatable bonds is 2. The van der Waals surface area contributed by atoms with E-state index >= 15 is 0 Å². The first-order valence-corrected chi connectivity index (χ1v) is 3.95. The summed E-state index contributed by atoms with van der Waals surface area (Å²) in [4.78, 5) is 15.2. The first kappa shape index (κ1) is 8.71. The third-order valence-electron chi connectivity index (χ3n) is 1.67. The van der Waals surface area contributed by atoms with E-state index in [1.54, 1.807) is 25.4 Å². The van der Waals surface area contributed by atoms with Gasteiger partial charge in [-0.25, -0.2) is 0 Å². The van der Waals surface area contributed by atoms with Crippen molar-refractivity contribution in [3.05, 3.63) is 29.6 Å². The van der Waals surface area contributed by atoms with Gasteiger partial charge in [0, 0.05) is 24.5 Å². The first-order valence-electron chi connectivity index (χ1n) is 3.95. The van der Waals surface area contributed by atoms with Gasteiger partial charge < -0.3 is 5.32 Å². The van der Waals surface area contributed by atoms with Crippen molar-refractivity contribution in [2.45, 2.75) is 13.3 Å². The second-order valence-corrected chi connectivity index (χ2v) is 2.47. The van der Waals surface area contributed by atoms with E-state index in [9.17, 15) is 4.79 Å². The molecule has 3 heteroatoms. The van der Waals surface area contributed by atoms with Crippen molar-refractivity contribution in [1.29, 1.82) is 0 Å². The molecule has 0 bridgehead atoms. The summed E-state index contributed by atoms with van der Waals surface area (Å²) in [6.07, 6.45) is 2.51. The third-order valence-corrected chi connectivity index (χ3v) is 1.67. The van der Waals surface area contributed by atoms with Crippen molar-refractivity contribution in [2.75, 3.05) is 7.05 Å². The molecular weight excluding hydrogens is 152 g/mol. The zero-order valence-electron chi connectivity index (χ0n) is 7.29. The van der Waals surface area contributed by atoms with Gasteiger partial charge in [0.2, 0.25) is 0 Å². The lowest BCUT2D eigenvalue weighted by molar-refractivity contribution is 0.0963. The largest absolute Gasteiger partial charge is 0.355 e. The SMILES string of the molecule is CCc1cc(C(=O)NC)ccn1. The highest BCUT2D eigenvalue weighted by atomic mass is 16.1. The summed E-state index contributed by atoms with van der Waals surface area (Å²) in [5.74, 6) is -0.0629. The summed E-state index contributed by atoms with van der Waals surface area (Å²) in [6.45, 7) is 2.01. The Balaban J connectivity index is 2.93. The van der Waals surface area contributed by atoms with E-state index in [4.69, 9.17) is 0 Å². The van der Waals surface area contributed by atoms with Crippen LogP contribution in [0.3, 0.4) is 0 Å². The van der Waals surface area contributed by atoms with Gasteiger partial charge in [-0.2, -0.15) is 0 Å². The van der Waals surface area contributed by atoms with E-state index in [1.807, 2.05) is 6.92 Å². The van der Waals surface area contributed by atoms with E-state index in [1.165, 1.54) is 0 Å². The van der Waals surface area contributed by atoms with Crippen LogP contribution in [0, 0.1) is 0 Å². The molecule has 0 fully saturated rings. The highest BCUT2D eigenvalue weighted by Crippen LogP contribution is 2.01. The van der Waals surface area contributed by atoms with Crippen molar-refractivity contribution in [1.82, 2.24) is 10.3 Å². The Morgan fingerprint density at radius 2 is 2.42 bits per heavy atom. The molecular formula is C9H12N2O. The molecule has 0 radical (unpaired) electrons. The number of hydrogen-bond acceptors (Lipinski definition) is 2. The molecule has 1 amide bonds. The maximum absolute atomic E-state index is 11.1. The van der Waals surface area contributed by atoms with E-state index in [2.05, 4.69) is 10.3 Å². The van der Waals surface area contributed by atoms with Crippen molar-refractivity contribution in [2.24, 2.45) is 0 Å². The molecule has 1 rings (SSSR count). The van der Waals surface area contributed by atoms with Gasteiger partial charge in [0.1, 0.15) is 0 Å². The molecule has 0 spiro atoms. The Kier molecular flexibility index (Phi) is 2.80. The summed E-state index contributed by atoms with van der Waals surface area (Å²) in [5, 5.41) is 2.57. The quantitative estimate of drug-likeness (QED) is 0.708. The molecule has 0 saturated carbocycles. The van der Waals surface area contributed by atoms with Crippen molar-refractivity contribution in [3.8, 4) is 0 Å². The molecule has 12 heavy (non-hydrogen) atoms. The molecule has 0 unspecified atom stereocenters. The number of carbonyl (C=O) groups is 1. The lowest BCUT2D eigenvalue weighted by Crippen LogP contribution is -2.17. The minimum atomic E-state index is -0.0629. The van der Waals surface area contributed by atoms with Gasteiger partial charge in [0.25, 0.3) is 5.91 Å². The van der Waals surface area contributed by atoms with Crippen LogP contribution < -0.4 is 5.32 Å². The average Bonchev–Trinajstić information content (AvgIpc) is 2.17. The van der Waals surface area contributed by atoms with Gasteiger partial charge >= 0.3 is 0 Å². The zero-order valence-corrected chi connectivity index (χ0v) is 7.29. The third kappa shape index (κ3) is 1.81. The lowest BCUT2D eigenvalue weighted by Gasteiger charge is -2.00. The predicted octanol–water partition coefficient (Wildman–Crippen LogP) is 1.00. The van der Waals surface area contributed by atoms with E-state index in [-0.39, 0.29) is 5.91 Å². The Morgan fingerprint density at radius 1 is 1.67 bits per heavy atom. The first-order chi connectivity index (χ1) is 5.77. The standard InChI is InChI=1S/C9H12N2O/c1-3-8-6-7(4-5-11-8)9(12)10-2/h4-6H,3H2,1-2H3,(H,10,12). The fourth-order valence-electron chi connectivity index (χ4n) is 0.957.